The van der Waals surface area contributed by atoms with Crippen LogP contribution in [-0.4, -0.2) is 48.6 Å². The normalized spacial score (nSPS) is 10.5. The van der Waals surface area contributed by atoms with Crippen molar-refractivity contribution in [3.05, 3.63) is 76.4 Å². The number of furan rings is 1. The predicted molar refractivity (Wildman–Crippen MR) is 143 cm³/mol. The Bertz CT molecular complexity index is 1450. The molecule has 10 heteroatoms. The molecular weight excluding hydrogens is 515 g/mol. The van der Waals surface area contributed by atoms with Crippen LogP contribution in [0.15, 0.2) is 52.9 Å². The van der Waals surface area contributed by atoms with Crippen molar-refractivity contribution in [2.75, 3.05) is 26.9 Å². The maximum absolute atomic E-state index is 13.7. The summed E-state index contributed by atoms with van der Waals surface area (Å²) in [7, 11) is 1.43. The van der Waals surface area contributed by atoms with Crippen LogP contribution in [0.2, 0.25) is 5.02 Å². The van der Waals surface area contributed by atoms with Crippen molar-refractivity contribution in [3.8, 4) is 22.8 Å². The van der Waals surface area contributed by atoms with Crippen molar-refractivity contribution in [2.45, 2.75) is 20.8 Å². The van der Waals surface area contributed by atoms with Gasteiger partial charge in [-0.1, -0.05) is 25.4 Å². The van der Waals surface area contributed by atoms with E-state index in [1.54, 1.807) is 25.1 Å². The number of benzene rings is 2. The first-order valence-electron chi connectivity index (χ1n) is 11.9. The number of pyridine rings is 1. The third-order valence-corrected chi connectivity index (χ3v) is 5.58. The van der Waals surface area contributed by atoms with E-state index in [2.05, 4.69) is 10.3 Å². The quantitative estimate of drug-likeness (QED) is 0.264. The van der Waals surface area contributed by atoms with E-state index in [0.717, 1.165) is 0 Å². The molecule has 8 nitrogen and oxygen atoms in total. The zero-order chi connectivity index (χ0) is 27.8. The molecule has 0 bridgehead atoms. The molecule has 0 aliphatic rings. The van der Waals surface area contributed by atoms with E-state index >= 15 is 0 Å². The molecule has 2 aromatic heterocycles. The second-order valence-corrected chi connectivity index (χ2v) is 8.21. The summed E-state index contributed by atoms with van der Waals surface area (Å²) in [4.78, 5) is 30.1. The van der Waals surface area contributed by atoms with Crippen LogP contribution in [-0.2, 0) is 0 Å². The Labute approximate surface area is 224 Å². The molecule has 0 radical (unpaired) electrons. The molecule has 0 atom stereocenters. The van der Waals surface area contributed by atoms with E-state index < -0.39 is 17.5 Å². The lowest BCUT2D eigenvalue weighted by Crippen LogP contribution is -2.30. The van der Waals surface area contributed by atoms with Gasteiger partial charge >= 0.3 is 0 Å². The van der Waals surface area contributed by atoms with E-state index in [-0.39, 0.29) is 36.0 Å². The highest BCUT2D eigenvalue weighted by atomic mass is 35.5. The summed E-state index contributed by atoms with van der Waals surface area (Å²) in [6.07, 6.45) is 0. The maximum Gasteiger partial charge on any atom is 0.251 e. The molecule has 0 unspecified atom stereocenters. The number of Topliss-reactive ketones (excluding diaryl/α,β-unsaturated/α-hetero) is 1. The molecule has 2 heterocycles. The molecule has 2 aromatic carbocycles. The summed E-state index contributed by atoms with van der Waals surface area (Å²) in [6.45, 7) is 5.36. The lowest BCUT2D eigenvalue weighted by atomic mass is 10.1. The molecule has 4 aromatic rings. The van der Waals surface area contributed by atoms with Crippen molar-refractivity contribution >= 4 is 34.3 Å². The van der Waals surface area contributed by atoms with Gasteiger partial charge in [0.05, 0.1) is 25.3 Å². The minimum absolute atomic E-state index is 0.0794. The fourth-order valence-corrected chi connectivity index (χ4v) is 3.78. The summed E-state index contributed by atoms with van der Waals surface area (Å²) in [6, 6.07) is 12.0. The Morgan fingerprint density at radius 1 is 1.11 bits per heavy atom. The van der Waals surface area contributed by atoms with Gasteiger partial charge in [0.1, 0.15) is 29.6 Å². The molecule has 0 aliphatic carbocycles. The summed E-state index contributed by atoms with van der Waals surface area (Å²) in [5.74, 6) is -0.214. The van der Waals surface area contributed by atoms with Gasteiger partial charge < -0.3 is 24.3 Å². The van der Waals surface area contributed by atoms with Crippen molar-refractivity contribution in [1.29, 1.82) is 0 Å². The number of hydrogen-bond acceptors (Lipinski definition) is 7. The molecule has 200 valence electrons. The van der Waals surface area contributed by atoms with Crippen molar-refractivity contribution < 1.29 is 33.0 Å². The molecule has 38 heavy (non-hydrogen) atoms. The van der Waals surface area contributed by atoms with Gasteiger partial charge in [0, 0.05) is 16.5 Å². The molecule has 1 amide bonds. The molecule has 2 N–H and O–H groups in total. The standard InChI is InChI=1S/C26H22ClFN2O6.C2H6/c1-14-9-17-11-20(30-24(25(17)36-14)15-3-5-19(28)18(27)10-15)21(32)13-29-26(33)16-4-6-22(35-8-7-31)23(12-16)34-2;1-2/h3-6,9-12,31H,7-8,13H2,1-2H3,(H,29,33);1-2H3. The maximum atomic E-state index is 13.7. The molecular formula is C28H28ClFN2O6. The largest absolute Gasteiger partial charge is 0.493 e. The first-order valence-corrected chi connectivity index (χ1v) is 12.3. The summed E-state index contributed by atoms with van der Waals surface area (Å²) in [5, 5.41) is 12.1. The fourth-order valence-electron chi connectivity index (χ4n) is 3.60. The van der Waals surface area contributed by atoms with E-state index in [1.807, 2.05) is 13.8 Å². The molecule has 4 rings (SSSR count). The lowest BCUT2D eigenvalue weighted by Gasteiger charge is -2.11. The van der Waals surface area contributed by atoms with Gasteiger partial charge in [-0.3, -0.25) is 9.59 Å². The van der Waals surface area contributed by atoms with Gasteiger partial charge in [-0.2, -0.15) is 0 Å². The Balaban J connectivity index is 0.00000195. The molecule has 0 saturated carbocycles. The highest BCUT2D eigenvalue weighted by Crippen LogP contribution is 2.32. The summed E-state index contributed by atoms with van der Waals surface area (Å²) in [5.41, 5.74) is 1.61. The summed E-state index contributed by atoms with van der Waals surface area (Å²) >= 11 is 5.95. The third kappa shape index (κ3) is 6.48. The number of aliphatic hydroxyl groups excluding tert-OH is 1. The zero-order valence-electron chi connectivity index (χ0n) is 21.4. The van der Waals surface area contributed by atoms with Gasteiger partial charge in [-0.25, -0.2) is 9.37 Å². The Morgan fingerprint density at radius 2 is 1.87 bits per heavy atom. The zero-order valence-corrected chi connectivity index (χ0v) is 22.2. The highest BCUT2D eigenvalue weighted by Gasteiger charge is 2.19. The van der Waals surface area contributed by atoms with E-state index in [0.29, 0.717) is 39.5 Å². The molecule has 0 fully saturated rings. The second kappa shape index (κ2) is 13.0. The van der Waals surface area contributed by atoms with Crippen molar-refractivity contribution in [3.63, 3.8) is 0 Å². The van der Waals surface area contributed by atoms with Crippen molar-refractivity contribution in [2.24, 2.45) is 0 Å². The predicted octanol–water partition coefficient (Wildman–Crippen LogP) is 5.61. The smallest absolute Gasteiger partial charge is 0.251 e. The lowest BCUT2D eigenvalue weighted by molar-refractivity contribution is 0.0902. The number of ether oxygens (including phenoxy) is 2. The minimum Gasteiger partial charge on any atom is -0.493 e. The number of amides is 1. The number of ketones is 1. The van der Waals surface area contributed by atoms with Crippen molar-refractivity contribution in [1.82, 2.24) is 10.3 Å². The number of rotatable bonds is 9. The van der Waals surface area contributed by atoms with Crippen LogP contribution >= 0.6 is 11.6 Å². The minimum atomic E-state index is -0.577. The number of methoxy groups -OCH3 is 1. The van der Waals surface area contributed by atoms with Crippen LogP contribution < -0.4 is 14.8 Å². The second-order valence-electron chi connectivity index (χ2n) is 7.80. The number of carbonyl (C=O) groups is 2. The molecule has 0 aliphatic heterocycles. The third-order valence-electron chi connectivity index (χ3n) is 5.29. The summed E-state index contributed by atoms with van der Waals surface area (Å²) < 4.78 is 30.0. The topological polar surface area (TPSA) is 111 Å². The average Bonchev–Trinajstić information content (AvgIpc) is 3.32. The van der Waals surface area contributed by atoms with Gasteiger partial charge in [0.15, 0.2) is 22.9 Å². The average molecular weight is 543 g/mol. The SMILES string of the molecule is CC.COc1cc(C(=O)NCC(=O)c2cc3cc(C)oc3c(-c3ccc(F)c(Cl)c3)n2)ccc1OCCO. The van der Waals surface area contributed by atoms with Crippen LogP contribution in [0.3, 0.4) is 0 Å². The first kappa shape index (κ1) is 28.6. The number of carbonyl (C=O) groups excluding carboxylic acids is 2. The van der Waals surface area contributed by atoms with E-state index in [9.17, 15) is 14.0 Å². The van der Waals surface area contributed by atoms with Gasteiger partial charge in [-0.15, -0.1) is 0 Å². The highest BCUT2D eigenvalue weighted by molar-refractivity contribution is 6.31. The number of halogens is 2. The van der Waals surface area contributed by atoms with Gasteiger partial charge in [-0.05, 0) is 55.5 Å². The van der Waals surface area contributed by atoms with Gasteiger partial charge in [0.2, 0.25) is 0 Å². The number of fused-ring (bicyclic) bond motifs is 1. The Hall–Kier alpha value is -3.95. The fraction of sp³-hybridized carbons (Fsp3) is 0.250. The number of hydrogen-bond donors (Lipinski definition) is 2. The number of aliphatic hydroxyl groups is 1. The molecule has 0 spiro atoms. The van der Waals surface area contributed by atoms with Crippen LogP contribution in [0.25, 0.3) is 22.2 Å². The van der Waals surface area contributed by atoms with E-state index in [1.165, 1.54) is 37.4 Å². The number of aromatic nitrogens is 1. The van der Waals surface area contributed by atoms with E-state index in [4.69, 9.17) is 30.6 Å². The number of nitrogens with one attached hydrogen (secondary N) is 1. The van der Waals surface area contributed by atoms with Crippen LogP contribution in [0.4, 0.5) is 4.39 Å². The number of aryl methyl sites for hydroxylation is 1. The van der Waals surface area contributed by atoms with Gasteiger partial charge in [0.25, 0.3) is 5.91 Å². The Kier molecular flexibility index (Phi) is 9.81. The van der Waals surface area contributed by atoms with Crippen LogP contribution in [0.5, 0.6) is 11.5 Å². The van der Waals surface area contributed by atoms with Crippen LogP contribution in [0, 0.1) is 12.7 Å². The Morgan fingerprint density at radius 3 is 2.55 bits per heavy atom. The molecule has 0 saturated heterocycles. The number of nitrogens with zero attached hydrogens (tertiary/aromatic N) is 1. The first-order chi connectivity index (χ1) is 18.3. The monoisotopic (exact) mass is 542 g/mol. The van der Waals surface area contributed by atoms with Crippen LogP contribution in [0.1, 0.15) is 40.5 Å².